The van der Waals surface area contributed by atoms with Gasteiger partial charge in [-0.25, -0.2) is 0 Å². The van der Waals surface area contributed by atoms with Crippen LogP contribution >= 0.6 is 0 Å². The van der Waals surface area contributed by atoms with Crippen molar-refractivity contribution in [3.05, 3.63) is 60.2 Å². The minimum Gasteiger partial charge on any atom is -0.497 e. The maximum Gasteiger partial charge on any atom is 0.227 e. The Morgan fingerprint density at radius 3 is 2.45 bits per heavy atom. The van der Waals surface area contributed by atoms with E-state index in [9.17, 15) is 9.59 Å². The molecule has 0 radical (unpaired) electrons. The summed E-state index contributed by atoms with van der Waals surface area (Å²) in [5.74, 6) is 1.95. The van der Waals surface area contributed by atoms with E-state index in [0.29, 0.717) is 24.7 Å². The number of fused-ring (bicyclic) bond motifs is 1. The minimum absolute atomic E-state index is 0.170. The Morgan fingerprint density at radius 1 is 1.00 bits per heavy atom. The molecule has 2 aromatic carbocycles. The zero-order valence-electron chi connectivity index (χ0n) is 16.9. The number of para-hydroxylation sites is 1. The van der Waals surface area contributed by atoms with Crippen molar-refractivity contribution >= 4 is 17.5 Å². The molecule has 2 heterocycles. The lowest BCUT2D eigenvalue weighted by atomic mass is 9.82. The number of hydrogen-bond donors (Lipinski definition) is 0. The summed E-state index contributed by atoms with van der Waals surface area (Å²) < 4.78 is 5.18. The van der Waals surface area contributed by atoms with Crippen LogP contribution in [0.2, 0.25) is 0 Å². The van der Waals surface area contributed by atoms with E-state index < -0.39 is 0 Å². The number of hydrogen-bond acceptors (Lipinski definition) is 3. The first-order chi connectivity index (χ1) is 14.1. The first kappa shape index (κ1) is 19.5. The average Bonchev–Trinajstić information content (AvgIpc) is 2.92. The van der Waals surface area contributed by atoms with Gasteiger partial charge in [0.15, 0.2) is 0 Å². The third-order valence-electron chi connectivity index (χ3n) is 6.29. The Labute approximate surface area is 172 Å². The molecule has 29 heavy (non-hydrogen) atoms. The smallest absolute Gasteiger partial charge is 0.227 e. The molecule has 2 fully saturated rings. The number of nitrogens with zero attached hydrogens (tertiary/aromatic N) is 2. The Balaban J connectivity index is 1.38. The van der Waals surface area contributed by atoms with Crippen LogP contribution in [0.25, 0.3) is 0 Å². The summed E-state index contributed by atoms with van der Waals surface area (Å²) in [6.45, 7) is 2.23. The van der Waals surface area contributed by atoms with Gasteiger partial charge in [0.25, 0.3) is 0 Å². The SMILES string of the molecule is COc1ccc(CC(=O)N2CC[C@@H]3CC(=O)N(c4ccccc4)CC[C@H]3C2)cc1. The van der Waals surface area contributed by atoms with Gasteiger partial charge < -0.3 is 14.5 Å². The lowest BCUT2D eigenvalue weighted by Gasteiger charge is -2.37. The number of amides is 2. The number of likely N-dealkylation sites (tertiary alicyclic amines) is 1. The molecule has 0 N–H and O–H groups in total. The van der Waals surface area contributed by atoms with Crippen LogP contribution in [0.4, 0.5) is 5.69 Å². The van der Waals surface area contributed by atoms with E-state index in [0.717, 1.165) is 49.5 Å². The number of ether oxygens (including phenoxy) is 1. The molecule has 5 nitrogen and oxygen atoms in total. The number of anilines is 1. The molecule has 0 saturated carbocycles. The first-order valence-electron chi connectivity index (χ1n) is 10.4. The zero-order chi connectivity index (χ0) is 20.2. The van der Waals surface area contributed by atoms with E-state index in [1.165, 1.54) is 0 Å². The normalized spacial score (nSPS) is 22.0. The molecule has 2 saturated heterocycles. The fraction of sp³-hybridized carbons (Fsp3) is 0.417. The highest BCUT2D eigenvalue weighted by molar-refractivity contribution is 5.93. The lowest BCUT2D eigenvalue weighted by Crippen LogP contribution is -2.44. The topological polar surface area (TPSA) is 49.9 Å². The van der Waals surface area contributed by atoms with Gasteiger partial charge in [0, 0.05) is 31.7 Å². The Hall–Kier alpha value is -2.82. The van der Waals surface area contributed by atoms with Crippen molar-refractivity contribution in [2.24, 2.45) is 11.8 Å². The van der Waals surface area contributed by atoms with Crippen molar-refractivity contribution < 1.29 is 14.3 Å². The molecule has 4 rings (SSSR count). The van der Waals surface area contributed by atoms with Gasteiger partial charge in [-0.3, -0.25) is 9.59 Å². The fourth-order valence-electron chi connectivity index (χ4n) is 4.57. The van der Waals surface area contributed by atoms with Crippen LogP contribution in [-0.2, 0) is 16.0 Å². The average molecular weight is 392 g/mol. The van der Waals surface area contributed by atoms with Crippen molar-refractivity contribution in [2.75, 3.05) is 31.6 Å². The summed E-state index contributed by atoms with van der Waals surface area (Å²) in [5, 5.41) is 0. The molecule has 5 heteroatoms. The van der Waals surface area contributed by atoms with Crippen LogP contribution in [0.5, 0.6) is 5.75 Å². The Kier molecular flexibility index (Phi) is 5.84. The summed E-state index contributed by atoms with van der Waals surface area (Å²) in [4.78, 5) is 29.6. The highest BCUT2D eigenvalue weighted by Crippen LogP contribution is 2.34. The van der Waals surface area contributed by atoms with Crippen LogP contribution in [0.15, 0.2) is 54.6 Å². The van der Waals surface area contributed by atoms with E-state index in [4.69, 9.17) is 4.74 Å². The number of benzene rings is 2. The molecule has 0 spiro atoms. The van der Waals surface area contributed by atoms with E-state index in [-0.39, 0.29) is 11.8 Å². The summed E-state index contributed by atoms with van der Waals surface area (Å²) in [6.07, 6.45) is 2.85. The molecule has 2 amide bonds. The van der Waals surface area contributed by atoms with E-state index in [1.54, 1.807) is 7.11 Å². The van der Waals surface area contributed by atoms with E-state index in [2.05, 4.69) is 0 Å². The van der Waals surface area contributed by atoms with Crippen molar-refractivity contribution in [1.82, 2.24) is 4.90 Å². The number of methoxy groups -OCH3 is 1. The van der Waals surface area contributed by atoms with Gasteiger partial charge in [-0.15, -0.1) is 0 Å². The van der Waals surface area contributed by atoms with Crippen LogP contribution in [-0.4, -0.2) is 43.5 Å². The molecular weight excluding hydrogens is 364 g/mol. The van der Waals surface area contributed by atoms with Crippen LogP contribution in [0.3, 0.4) is 0 Å². The third-order valence-corrected chi connectivity index (χ3v) is 6.29. The quantitative estimate of drug-likeness (QED) is 0.800. The largest absolute Gasteiger partial charge is 0.497 e. The second-order valence-electron chi connectivity index (χ2n) is 8.05. The minimum atomic E-state index is 0.170. The number of carbonyl (C=O) groups excluding carboxylic acids is 2. The van der Waals surface area contributed by atoms with Crippen molar-refractivity contribution in [2.45, 2.75) is 25.7 Å². The first-order valence-corrected chi connectivity index (χ1v) is 10.4. The number of rotatable bonds is 4. The van der Waals surface area contributed by atoms with Crippen LogP contribution in [0.1, 0.15) is 24.8 Å². The molecule has 0 unspecified atom stereocenters. The molecule has 2 atom stereocenters. The van der Waals surface area contributed by atoms with Crippen LogP contribution < -0.4 is 9.64 Å². The predicted molar refractivity (Wildman–Crippen MR) is 113 cm³/mol. The summed E-state index contributed by atoms with van der Waals surface area (Å²) in [5.41, 5.74) is 1.98. The maximum atomic E-state index is 12.8. The lowest BCUT2D eigenvalue weighted by molar-refractivity contribution is -0.133. The zero-order valence-corrected chi connectivity index (χ0v) is 16.9. The second-order valence-corrected chi connectivity index (χ2v) is 8.05. The second kappa shape index (κ2) is 8.68. The monoisotopic (exact) mass is 392 g/mol. The molecular formula is C24H28N2O3. The summed E-state index contributed by atoms with van der Waals surface area (Å²) in [7, 11) is 1.64. The van der Waals surface area contributed by atoms with Gasteiger partial charge in [-0.05, 0) is 54.5 Å². The third kappa shape index (κ3) is 4.44. The van der Waals surface area contributed by atoms with Gasteiger partial charge >= 0.3 is 0 Å². The number of carbonyl (C=O) groups is 2. The molecule has 0 aliphatic carbocycles. The van der Waals surface area contributed by atoms with Crippen molar-refractivity contribution in [3.63, 3.8) is 0 Å². The molecule has 152 valence electrons. The van der Waals surface area contributed by atoms with Gasteiger partial charge in [0.2, 0.25) is 11.8 Å². The van der Waals surface area contributed by atoms with Gasteiger partial charge in [-0.2, -0.15) is 0 Å². The predicted octanol–water partition coefficient (Wildman–Crippen LogP) is 3.53. The Bertz CT molecular complexity index is 850. The van der Waals surface area contributed by atoms with Crippen molar-refractivity contribution in [3.8, 4) is 5.75 Å². The van der Waals surface area contributed by atoms with Gasteiger partial charge in [0.05, 0.1) is 13.5 Å². The molecule has 2 aliphatic heterocycles. The van der Waals surface area contributed by atoms with Crippen molar-refractivity contribution in [1.29, 1.82) is 0 Å². The fourth-order valence-corrected chi connectivity index (χ4v) is 4.57. The Morgan fingerprint density at radius 2 is 1.72 bits per heavy atom. The van der Waals surface area contributed by atoms with Gasteiger partial charge in [-0.1, -0.05) is 30.3 Å². The molecule has 0 aromatic heterocycles. The highest BCUT2D eigenvalue weighted by Gasteiger charge is 2.36. The standard InChI is InChI=1S/C24H28N2O3/c1-29-22-9-7-18(8-10-22)15-23(27)25-13-11-19-16-24(28)26(14-12-20(19)17-25)21-5-3-2-4-6-21/h2-10,19-20H,11-17H2,1H3/t19-,20+/m1/s1. The highest BCUT2D eigenvalue weighted by atomic mass is 16.5. The maximum absolute atomic E-state index is 12.8. The molecule has 2 aromatic rings. The van der Waals surface area contributed by atoms with Gasteiger partial charge in [0.1, 0.15) is 5.75 Å². The van der Waals surface area contributed by atoms with Crippen LogP contribution in [0, 0.1) is 11.8 Å². The van der Waals surface area contributed by atoms with E-state index >= 15 is 0 Å². The summed E-state index contributed by atoms with van der Waals surface area (Å²) >= 11 is 0. The summed E-state index contributed by atoms with van der Waals surface area (Å²) in [6, 6.07) is 17.6. The van der Waals surface area contributed by atoms with E-state index in [1.807, 2.05) is 64.4 Å². The molecule has 2 aliphatic rings. The number of piperidine rings is 1. The molecule has 0 bridgehead atoms.